The van der Waals surface area contributed by atoms with E-state index in [0.717, 1.165) is 23.5 Å². The van der Waals surface area contributed by atoms with Crippen LogP contribution in [-0.4, -0.2) is 23.1 Å². The molecule has 0 saturated carbocycles. The van der Waals surface area contributed by atoms with Crippen molar-refractivity contribution >= 4 is 10.8 Å². The van der Waals surface area contributed by atoms with Crippen LogP contribution >= 0.6 is 0 Å². The second kappa shape index (κ2) is 6.66. The lowest BCUT2D eigenvalue weighted by Crippen LogP contribution is -2.26. The van der Waals surface area contributed by atoms with E-state index in [9.17, 15) is 4.21 Å². The van der Waals surface area contributed by atoms with E-state index in [1.807, 2.05) is 24.3 Å². The molecule has 0 aliphatic rings. The lowest BCUT2D eigenvalue weighted by atomic mass is 10.2. The Morgan fingerprint density at radius 3 is 2.50 bits per heavy atom. The van der Waals surface area contributed by atoms with Gasteiger partial charge in [-0.2, -0.15) is 0 Å². The molecule has 0 bridgehead atoms. The van der Waals surface area contributed by atoms with Gasteiger partial charge >= 0.3 is 0 Å². The Balaban J connectivity index is 2.59. The summed E-state index contributed by atoms with van der Waals surface area (Å²) in [6.45, 7) is 2.08. The molecule has 4 heteroatoms. The first-order valence-corrected chi connectivity index (χ1v) is 6.77. The maximum Gasteiger partial charge on any atom is 0.118 e. The second-order valence-electron chi connectivity index (χ2n) is 3.74. The molecule has 0 radical (unpaired) electrons. The highest BCUT2D eigenvalue weighted by molar-refractivity contribution is 7.85. The van der Waals surface area contributed by atoms with Gasteiger partial charge in [-0.3, -0.25) is 4.21 Å². The number of hydrogen-bond acceptors (Lipinski definition) is 3. The third-order valence-electron chi connectivity index (χ3n) is 2.35. The number of hydrogen-bond donors (Lipinski definition) is 1. The Kier molecular flexibility index (Phi) is 5.49. The van der Waals surface area contributed by atoms with Crippen molar-refractivity contribution in [3.63, 3.8) is 0 Å². The predicted molar refractivity (Wildman–Crippen MR) is 67.2 cm³/mol. The first-order valence-electron chi connectivity index (χ1n) is 5.45. The van der Waals surface area contributed by atoms with Crippen LogP contribution in [0.15, 0.2) is 29.2 Å². The van der Waals surface area contributed by atoms with Crippen molar-refractivity contribution in [3.8, 4) is 5.75 Å². The summed E-state index contributed by atoms with van der Waals surface area (Å²) in [5.74, 6) is 1.30. The molecule has 3 nitrogen and oxygen atoms in total. The fourth-order valence-electron chi connectivity index (χ4n) is 1.47. The number of rotatable bonds is 6. The molecule has 1 rings (SSSR count). The minimum atomic E-state index is -1.01. The van der Waals surface area contributed by atoms with Gasteiger partial charge in [0.1, 0.15) is 5.75 Å². The fraction of sp³-hybridized carbons (Fsp3) is 0.500. The van der Waals surface area contributed by atoms with Gasteiger partial charge in [-0.15, -0.1) is 0 Å². The molecule has 2 atom stereocenters. The summed E-state index contributed by atoms with van der Waals surface area (Å²) in [4.78, 5) is 0.812. The molecule has 0 amide bonds. The van der Waals surface area contributed by atoms with Gasteiger partial charge in [0, 0.05) is 16.7 Å². The zero-order valence-electron chi connectivity index (χ0n) is 9.81. The van der Waals surface area contributed by atoms with E-state index in [0.29, 0.717) is 5.75 Å². The molecule has 0 aliphatic carbocycles. The van der Waals surface area contributed by atoms with Gasteiger partial charge in [0.25, 0.3) is 0 Å². The van der Waals surface area contributed by atoms with Crippen LogP contribution in [0.3, 0.4) is 0 Å². The van der Waals surface area contributed by atoms with Gasteiger partial charge in [0.15, 0.2) is 0 Å². The zero-order chi connectivity index (χ0) is 12.0. The van der Waals surface area contributed by atoms with Crippen LogP contribution in [0.4, 0.5) is 0 Å². The maximum absolute atomic E-state index is 11.9. The average Bonchev–Trinajstić information content (AvgIpc) is 2.29. The van der Waals surface area contributed by atoms with E-state index in [-0.39, 0.29) is 6.04 Å². The van der Waals surface area contributed by atoms with Crippen molar-refractivity contribution in [2.45, 2.75) is 30.7 Å². The smallest absolute Gasteiger partial charge is 0.118 e. The lowest BCUT2D eigenvalue weighted by molar-refractivity contribution is 0.414. The number of nitrogens with two attached hydrogens (primary N) is 1. The van der Waals surface area contributed by atoms with Crippen molar-refractivity contribution < 1.29 is 8.95 Å². The van der Waals surface area contributed by atoms with E-state index in [4.69, 9.17) is 10.5 Å². The minimum absolute atomic E-state index is 0.0212. The van der Waals surface area contributed by atoms with Gasteiger partial charge in [0.05, 0.1) is 17.9 Å². The van der Waals surface area contributed by atoms with Crippen LogP contribution in [-0.2, 0) is 10.8 Å². The molecular formula is C12H19NO2S. The Morgan fingerprint density at radius 2 is 2.00 bits per heavy atom. The summed E-state index contributed by atoms with van der Waals surface area (Å²) >= 11 is 0. The Bertz CT molecular complexity index is 337. The maximum atomic E-state index is 11.9. The van der Waals surface area contributed by atoms with Crippen LogP contribution in [0, 0.1) is 0 Å². The largest absolute Gasteiger partial charge is 0.497 e. The monoisotopic (exact) mass is 241 g/mol. The standard InChI is InChI=1S/C12H19NO2S/c1-3-4-10(13)9-16(14)12-7-5-11(15-2)6-8-12/h5-8,10H,3-4,9,13H2,1-2H3. The summed E-state index contributed by atoms with van der Waals surface area (Å²) in [6, 6.07) is 7.31. The van der Waals surface area contributed by atoms with Crippen LogP contribution in [0.1, 0.15) is 19.8 Å². The third-order valence-corrected chi connectivity index (χ3v) is 3.88. The van der Waals surface area contributed by atoms with Crippen LogP contribution in [0.5, 0.6) is 5.75 Å². The molecule has 0 aliphatic heterocycles. The highest BCUT2D eigenvalue weighted by Gasteiger charge is 2.09. The first-order chi connectivity index (χ1) is 7.67. The number of methoxy groups -OCH3 is 1. The lowest BCUT2D eigenvalue weighted by Gasteiger charge is -2.10. The normalized spacial score (nSPS) is 14.4. The van der Waals surface area contributed by atoms with E-state index >= 15 is 0 Å². The SMILES string of the molecule is CCCC(N)CS(=O)c1ccc(OC)cc1. The zero-order valence-corrected chi connectivity index (χ0v) is 10.6. The third kappa shape index (κ3) is 3.94. The number of ether oxygens (including phenoxy) is 1. The van der Waals surface area contributed by atoms with E-state index in [2.05, 4.69) is 6.92 Å². The van der Waals surface area contributed by atoms with Gasteiger partial charge in [0.2, 0.25) is 0 Å². The summed E-state index contributed by atoms with van der Waals surface area (Å²) in [5.41, 5.74) is 5.86. The summed E-state index contributed by atoms with van der Waals surface area (Å²) in [6.07, 6.45) is 1.95. The van der Waals surface area contributed by atoms with Gasteiger partial charge in [-0.05, 0) is 30.7 Å². The number of benzene rings is 1. The molecule has 0 fully saturated rings. The van der Waals surface area contributed by atoms with E-state index < -0.39 is 10.8 Å². The molecule has 90 valence electrons. The van der Waals surface area contributed by atoms with E-state index in [1.54, 1.807) is 7.11 Å². The average molecular weight is 241 g/mol. The minimum Gasteiger partial charge on any atom is -0.497 e. The molecule has 2 unspecified atom stereocenters. The van der Waals surface area contributed by atoms with Crippen molar-refractivity contribution in [2.75, 3.05) is 12.9 Å². The molecule has 0 aromatic heterocycles. The van der Waals surface area contributed by atoms with Crippen molar-refractivity contribution in [1.82, 2.24) is 0 Å². The quantitative estimate of drug-likeness (QED) is 0.828. The Morgan fingerprint density at radius 1 is 1.38 bits per heavy atom. The van der Waals surface area contributed by atoms with Crippen molar-refractivity contribution in [1.29, 1.82) is 0 Å². The van der Waals surface area contributed by atoms with Gasteiger partial charge < -0.3 is 10.5 Å². The Hall–Kier alpha value is -0.870. The highest BCUT2D eigenvalue weighted by Crippen LogP contribution is 2.15. The first kappa shape index (κ1) is 13.2. The molecule has 1 aromatic rings. The van der Waals surface area contributed by atoms with Gasteiger partial charge in [-0.25, -0.2) is 0 Å². The van der Waals surface area contributed by atoms with Crippen LogP contribution in [0.25, 0.3) is 0 Å². The molecule has 0 spiro atoms. The summed E-state index contributed by atoms with van der Waals surface area (Å²) in [7, 11) is 0.608. The van der Waals surface area contributed by atoms with E-state index in [1.165, 1.54) is 0 Å². The Labute approximate surface area is 99.4 Å². The van der Waals surface area contributed by atoms with Crippen LogP contribution in [0.2, 0.25) is 0 Å². The van der Waals surface area contributed by atoms with Gasteiger partial charge in [-0.1, -0.05) is 13.3 Å². The topological polar surface area (TPSA) is 52.3 Å². The van der Waals surface area contributed by atoms with Crippen molar-refractivity contribution in [3.05, 3.63) is 24.3 Å². The molecule has 1 aromatic carbocycles. The summed E-state index contributed by atoms with van der Waals surface area (Å²) in [5, 5.41) is 0. The highest BCUT2D eigenvalue weighted by atomic mass is 32.2. The fourth-order valence-corrected chi connectivity index (χ4v) is 2.66. The molecular weight excluding hydrogens is 222 g/mol. The van der Waals surface area contributed by atoms with Crippen LogP contribution < -0.4 is 10.5 Å². The van der Waals surface area contributed by atoms with Crippen molar-refractivity contribution in [2.24, 2.45) is 5.73 Å². The molecule has 2 N–H and O–H groups in total. The molecule has 16 heavy (non-hydrogen) atoms. The predicted octanol–water partition coefficient (Wildman–Crippen LogP) is 1.93. The second-order valence-corrected chi connectivity index (χ2v) is 5.23. The molecule has 0 heterocycles. The summed E-state index contributed by atoms with van der Waals surface area (Å²) < 4.78 is 17.0. The molecule has 0 saturated heterocycles.